The fourth-order valence-electron chi connectivity index (χ4n) is 7.38. The Labute approximate surface area is 215 Å². The lowest BCUT2D eigenvalue weighted by molar-refractivity contribution is -0.149. The average molecular weight is 498 g/mol. The Hall–Kier alpha value is -2.12. The van der Waals surface area contributed by atoms with E-state index in [1.807, 2.05) is 38.1 Å². The number of benzene rings is 1. The first-order valence-corrected chi connectivity index (χ1v) is 14.0. The molecule has 0 unspecified atom stereocenters. The number of nitrogens with zero attached hydrogens (tertiary/aromatic N) is 1. The largest absolute Gasteiger partial charge is 0.492 e. The summed E-state index contributed by atoms with van der Waals surface area (Å²) in [5.74, 6) is 2.96. The number of rotatable bonds is 10. The maximum absolute atomic E-state index is 13.5. The van der Waals surface area contributed by atoms with Gasteiger partial charge >= 0.3 is 0 Å². The van der Waals surface area contributed by atoms with E-state index in [1.165, 1.54) is 19.3 Å². The van der Waals surface area contributed by atoms with Crippen LogP contribution in [0.2, 0.25) is 0 Å². The van der Waals surface area contributed by atoms with Crippen molar-refractivity contribution in [2.75, 3.05) is 39.5 Å². The summed E-state index contributed by atoms with van der Waals surface area (Å²) >= 11 is 0. The summed E-state index contributed by atoms with van der Waals surface area (Å²) < 4.78 is 11.4. The van der Waals surface area contributed by atoms with E-state index >= 15 is 0 Å². The Morgan fingerprint density at radius 1 is 1.08 bits per heavy atom. The van der Waals surface area contributed by atoms with Crippen molar-refractivity contribution in [2.24, 2.45) is 29.1 Å². The van der Waals surface area contributed by atoms with Gasteiger partial charge in [-0.15, -0.1) is 0 Å². The topological polar surface area (TPSA) is 79.9 Å². The Kier molecular flexibility index (Phi) is 7.87. The van der Waals surface area contributed by atoms with Crippen LogP contribution < -0.4 is 15.4 Å². The molecule has 5 fully saturated rings. The highest BCUT2D eigenvalue weighted by atomic mass is 16.5. The first kappa shape index (κ1) is 25.5. The normalized spacial score (nSPS) is 30.2. The second kappa shape index (κ2) is 11.1. The van der Waals surface area contributed by atoms with Crippen LogP contribution in [-0.4, -0.2) is 62.2 Å². The second-order valence-electron chi connectivity index (χ2n) is 12.1. The molecule has 4 bridgehead atoms. The molecule has 2 N–H and O–H groups in total. The van der Waals surface area contributed by atoms with Gasteiger partial charge in [0.1, 0.15) is 18.4 Å². The van der Waals surface area contributed by atoms with Crippen LogP contribution in [0.25, 0.3) is 0 Å². The molecule has 6 rings (SSSR count). The molecule has 1 atom stereocenters. The summed E-state index contributed by atoms with van der Waals surface area (Å²) in [5.41, 5.74) is 0.747. The third-order valence-electron chi connectivity index (χ3n) is 8.90. The number of amides is 2. The van der Waals surface area contributed by atoms with Crippen LogP contribution in [0.4, 0.5) is 0 Å². The van der Waals surface area contributed by atoms with Crippen LogP contribution in [0.3, 0.4) is 0 Å². The van der Waals surface area contributed by atoms with Gasteiger partial charge in [-0.2, -0.15) is 0 Å². The molecule has 5 aliphatic rings. The minimum atomic E-state index is -0.515. The summed E-state index contributed by atoms with van der Waals surface area (Å²) in [7, 11) is 0. The van der Waals surface area contributed by atoms with Crippen molar-refractivity contribution in [3.8, 4) is 5.75 Å². The Morgan fingerprint density at radius 2 is 1.75 bits per heavy atom. The first-order valence-electron chi connectivity index (χ1n) is 14.0. The van der Waals surface area contributed by atoms with Crippen LogP contribution >= 0.6 is 0 Å². The average Bonchev–Trinajstić information content (AvgIpc) is 2.85. The highest BCUT2D eigenvalue weighted by molar-refractivity contribution is 5.90. The third-order valence-corrected chi connectivity index (χ3v) is 8.90. The highest BCUT2D eigenvalue weighted by Gasteiger charge is 2.55. The van der Waals surface area contributed by atoms with Gasteiger partial charge in [0, 0.05) is 31.6 Å². The number of carbonyl (C=O) groups is 2. The molecule has 1 aromatic carbocycles. The quantitative estimate of drug-likeness (QED) is 0.518. The first-order chi connectivity index (χ1) is 17.4. The van der Waals surface area contributed by atoms with Crippen molar-refractivity contribution >= 4 is 11.8 Å². The SMILES string of the molecule is CC(C)[C@@H](NC(=O)C12CC3CC(CC(C3)C1)C2)C(=O)NCc1cccc(OCCN2CCOCC2)c1. The summed E-state index contributed by atoms with van der Waals surface area (Å²) in [6, 6.07) is 7.37. The highest BCUT2D eigenvalue weighted by Crippen LogP contribution is 2.60. The smallest absolute Gasteiger partial charge is 0.243 e. The van der Waals surface area contributed by atoms with E-state index in [4.69, 9.17) is 9.47 Å². The standard InChI is InChI=1S/C29H43N3O4/c1-20(2)26(31-28(34)29-16-22-12-23(17-29)14-24(13-22)18-29)27(33)30-19-21-4-3-5-25(15-21)36-11-8-32-6-9-35-10-7-32/h3-5,15,20,22-24,26H,6-14,16-19H2,1-2H3,(H,30,33)(H,31,34)/t22?,23?,24?,26-,29?/m1/s1. The number of carbonyl (C=O) groups excluding carboxylic acids is 2. The van der Waals surface area contributed by atoms with Crippen molar-refractivity contribution in [2.45, 2.75) is 65.0 Å². The minimum Gasteiger partial charge on any atom is -0.492 e. The van der Waals surface area contributed by atoms with Crippen LogP contribution in [0.1, 0.15) is 57.9 Å². The lowest BCUT2D eigenvalue weighted by atomic mass is 9.49. The van der Waals surface area contributed by atoms with Crippen molar-refractivity contribution in [1.29, 1.82) is 0 Å². The van der Waals surface area contributed by atoms with E-state index in [-0.39, 0.29) is 23.1 Å². The molecule has 0 spiro atoms. The fraction of sp³-hybridized carbons (Fsp3) is 0.724. The van der Waals surface area contributed by atoms with Gasteiger partial charge in [-0.1, -0.05) is 26.0 Å². The third kappa shape index (κ3) is 5.88. The Balaban J connectivity index is 1.12. The predicted octanol–water partition coefficient (Wildman–Crippen LogP) is 3.37. The molecule has 36 heavy (non-hydrogen) atoms. The monoisotopic (exact) mass is 497 g/mol. The van der Waals surface area contributed by atoms with Crippen molar-refractivity contribution in [3.63, 3.8) is 0 Å². The van der Waals surface area contributed by atoms with E-state index in [0.29, 0.717) is 30.9 Å². The van der Waals surface area contributed by atoms with Gasteiger partial charge < -0.3 is 20.1 Å². The molecule has 0 aromatic heterocycles. The molecular weight excluding hydrogens is 454 g/mol. The lowest BCUT2D eigenvalue weighted by Crippen LogP contribution is -2.58. The maximum atomic E-state index is 13.5. The van der Waals surface area contributed by atoms with Crippen molar-refractivity contribution in [3.05, 3.63) is 29.8 Å². The van der Waals surface area contributed by atoms with E-state index in [0.717, 1.165) is 63.4 Å². The molecule has 7 nitrogen and oxygen atoms in total. The van der Waals surface area contributed by atoms with Crippen LogP contribution in [-0.2, 0) is 20.9 Å². The lowest BCUT2D eigenvalue weighted by Gasteiger charge is -2.55. The summed E-state index contributed by atoms with van der Waals surface area (Å²) in [6.07, 6.45) is 6.94. The van der Waals surface area contributed by atoms with Gasteiger partial charge in [0.15, 0.2) is 0 Å². The Morgan fingerprint density at radius 3 is 2.39 bits per heavy atom. The number of nitrogens with one attached hydrogen (secondary N) is 2. The number of ether oxygens (including phenoxy) is 2. The van der Waals surface area contributed by atoms with E-state index in [1.54, 1.807) is 0 Å². The van der Waals surface area contributed by atoms with E-state index in [9.17, 15) is 9.59 Å². The molecule has 0 radical (unpaired) electrons. The second-order valence-corrected chi connectivity index (χ2v) is 12.1. The van der Waals surface area contributed by atoms with Crippen LogP contribution in [0.15, 0.2) is 24.3 Å². The zero-order chi connectivity index (χ0) is 25.1. The summed E-state index contributed by atoms with van der Waals surface area (Å²) in [6.45, 7) is 9.41. The van der Waals surface area contributed by atoms with Gasteiger partial charge in [-0.25, -0.2) is 0 Å². The molecule has 198 valence electrons. The van der Waals surface area contributed by atoms with Gasteiger partial charge in [-0.05, 0) is 79.9 Å². The molecule has 1 saturated heterocycles. The molecule has 7 heteroatoms. The van der Waals surface area contributed by atoms with Crippen molar-refractivity contribution in [1.82, 2.24) is 15.5 Å². The van der Waals surface area contributed by atoms with Crippen LogP contribution in [0.5, 0.6) is 5.75 Å². The number of morpholine rings is 1. The summed E-state index contributed by atoms with van der Waals surface area (Å²) in [5, 5.41) is 6.25. The zero-order valence-electron chi connectivity index (χ0n) is 22.0. The molecule has 1 heterocycles. The van der Waals surface area contributed by atoms with Gasteiger partial charge in [0.25, 0.3) is 0 Å². The molecule has 1 aliphatic heterocycles. The van der Waals surface area contributed by atoms with Crippen molar-refractivity contribution < 1.29 is 19.1 Å². The summed E-state index contributed by atoms with van der Waals surface area (Å²) in [4.78, 5) is 29.1. The van der Waals surface area contributed by atoms with Gasteiger partial charge in [0.05, 0.1) is 13.2 Å². The zero-order valence-corrected chi connectivity index (χ0v) is 22.0. The molecular formula is C29H43N3O4. The fourth-order valence-corrected chi connectivity index (χ4v) is 7.38. The predicted molar refractivity (Wildman–Crippen MR) is 138 cm³/mol. The molecule has 4 saturated carbocycles. The van der Waals surface area contributed by atoms with E-state index in [2.05, 4.69) is 15.5 Å². The van der Waals surface area contributed by atoms with Gasteiger partial charge in [-0.3, -0.25) is 14.5 Å². The van der Waals surface area contributed by atoms with Crippen LogP contribution in [0, 0.1) is 29.1 Å². The maximum Gasteiger partial charge on any atom is 0.243 e. The Bertz CT molecular complexity index is 892. The molecule has 4 aliphatic carbocycles. The molecule has 2 amide bonds. The minimum absolute atomic E-state index is 0.0257. The van der Waals surface area contributed by atoms with E-state index < -0.39 is 6.04 Å². The van der Waals surface area contributed by atoms with Gasteiger partial charge in [0.2, 0.25) is 11.8 Å². The number of hydrogen-bond acceptors (Lipinski definition) is 5. The number of hydrogen-bond donors (Lipinski definition) is 2. The molecule has 1 aromatic rings.